The van der Waals surface area contributed by atoms with Crippen molar-refractivity contribution in [3.8, 4) is 0 Å². The average Bonchev–Trinajstić information content (AvgIpc) is 2.68. The molecule has 1 aromatic rings. The number of nitrogens with zero attached hydrogens (tertiary/aromatic N) is 3. The minimum absolute atomic E-state index is 0.133. The average molecular weight is 278 g/mol. The number of rotatable bonds is 4. The van der Waals surface area contributed by atoms with Gasteiger partial charge >= 0.3 is 0 Å². The summed E-state index contributed by atoms with van der Waals surface area (Å²) in [5.74, 6) is 1.75. The predicted octanol–water partition coefficient (Wildman–Crippen LogP) is 2.04. The summed E-state index contributed by atoms with van der Waals surface area (Å²) in [7, 11) is 1.86. The summed E-state index contributed by atoms with van der Waals surface area (Å²) in [4.78, 5) is 14.7. The van der Waals surface area contributed by atoms with Crippen molar-refractivity contribution in [3.63, 3.8) is 0 Å². The lowest BCUT2D eigenvalue weighted by molar-refractivity contribution is -0.121. The molecule has 1 aliphatic rings. The number of aromatic nitrogens is 2. The molecule has 112 valence electrons. The minimum Gasteiger partial charge on any atom is -0.311 e. The second-order valence-electron chi connectivity index (χ2n) is 6.25. The number of hydrogen-bond acceptors (Lipinski definition) is 3. The molecule has 0 unspecified atom stereocenters. The maximum absolute atomic E-state index is 12.3. The van der Waals surface area contributed by atoms with Gasteiger partial charge in [0.1, 0.15) is 5.82 Å². The monoisotopic (exact) mass is 278 g/mol. The van der Waals surface area contributed by atoms with Crippen LogP contribution in [0.2, 0.25) is 0 Å². The molecular formula is C15H26N4O. The lowest BCUT2D eigenvalue weighted by atomic mass is 9.95. The standard InChI is InChI=1S/C15H26N4O/c1-11(2)10-19-7-5-13(6-8-19)15(20)16-14-9-12(3)17-18(14)4/h9,11,13H,5-8,10H2,1-4H3,(H,16,20). The molecular weight excluding hydrogens is 252 g/mol. The molecule has 0 saturated carbocycles. The Kier molecular flexibility index (Phi) is 4.81. The molecule has 2 heterocycles. The Labute approximate surface area is 121 Å². The SMILES string of the molecule is Cc1cc(NC(=O)C2CCN(CC(C)C)CC2)n(C)n1. The molecule has 1 saturated heterocycles. The van der Waals surface area contributed by atoms with Crippen molar-refractivity contribution < 1.29 is 4.79 Å². The fraction of sp³-hybridized carbons (Fsp3) is 0.733. The molecule has 0 radical (unpaired) electrons. The van der Waals surface area contributed by atoms with Gasteiger partial charge in [-0.25, -0.2) is 0 Å². The summed E-state index contributed by atoms with van der Waals surface area (Å²) < 4.78 is 1.72. The molecule has 0 atom stereocenters. The maximum Gasteiger partial charge on any atom is 0.228 e. The number of nitrogens with one attached hydrogen (secondary N) is 1. The number of likely N-dealkylation sites (tertiary alicyclic amines) is 1. The first-order valence-electron chi connectivity index (χ1n) is 7.49. The highest BCUT2D eigenvalue weighted by atomic mass is 16.2. The molecule has 2 rings (SSSR count). The molecule has 0 aliphatic carbocycles. The Morgan fingerprint density at radius 3 is 2.60 bits per heavy atom. The molecule has 0 spiro atoms. The zero-order valence-corrected chi connectivity index (χ0v) is 13.0. The zero-order chi connectivity index (χ0) is 14.7. The quantitative estimate of drug-likeness (QED) is 0.917. The van der Waals surface area contributed by atoms with E-state index in [1.54, 1.807) is 4.68 Å². The van der Waals surface area contributed by atoms with Crippen LogP contribution in [0.4, 0.5) is 5.82 Å². The van der Waals surface area contributed by atoms with E-state index in [-0.39, 0.29) is 11.8 Å². The van der Waals surface area contributed by atoms with Crippen LogP contribution in [0, 0.1) is 18.8 Å². The van der Waals surface area contributed by atoms with Crippen LogP contribution >= 0.6 is 0 Å². The van der Waals surface area contributed by atoms with Gasteiger partial charge in [0.25, 0.3) is 0 Å². The van der Waals surface area contributed by atoms with E-state index in [4.69, 9.17) is 0 Å². The molecule has 1 fully saturated rings. The second-order valence-corrected chi connectivity index (χ2v) is 6.25. The Bertz CT molecular complexity index is 458. The Morgan fingerprint density at radius 2 is 2.10 bits per heavy atom. The Morgan fingerprint density at radius 1 is 1.45 bits per heavy atom. The van der Waals surface area contributed by atoms with E-state index in [9.17, 15) is 4.79 Å². The lowest BCUT2D eigenvalue weighted by Crippen LogP contribution is -2.39. The van der Waals surface area contributed by atoms with Crippen LogP contribution < -0.4 is 5.32 Å². The molecule has 0 aromatic carbocycles. The van der Waals surface area contributed by atoms with E-state index < -0.39 is 0 Å². The molecule has 5 heteroatoms. The smallest absolute Gasteiger partial charge is 0.228 e. The third kappa shape index (κ3) is 3.82. The van der Waals surface area contributed by atoms with Gasteiger partial charge in [-0.05, 0) is 38.8 Å². The van der Waals surface area contributed by atoms with Gasteiger partial charge in [0, 0.05) is 25.6 Å². The summed E-state index contributed by atoms with van der Waals surface area (Å²) in [5.41, 5.74) is 0.926. The van der Waals surface area contributed by atoms with E-state index in [1.165, 1.54) is 0 Å². The van der Waals surface area contributed by atoms with Crippen molar-refractivity contribution >= 4 is 11.7 Å². The topological polar surface area (TPSA) is 50.2 Å². The number of anilines is 1. The number of carbonyl (C=O) groups is 1. The van der Waals surface area contributed by atoms with Gasteiger partial charge in [0.05, 0.1) is 5.69 Å². The summed E-state index contributed by atoms with van der Waals surface area (Å²) >= 11 is 0. The van der Waals surface area contributed by atoms with Gasteiger partial charge in [-0.1, -0.05) is 13.8 Å². The Balaban J connectivity index is 1.84. The van der Waals surface area contributed by atoms with Crippen LogP contribution in [0.5, 0.6) is 0 Å². The lowest BCUT2D eigenvalue weighted by Gasteiger charge is -2.32. The molecule has 1 N–H and O–H groups in total. The van der Waals surface area contributed by atoms with Gasteiger partial charge in [-0.15, -0.1) is 0 Å². The first kappa shape index (κ1) is 15.0. The highest BCUT2D eigenvalue weighted by Gasteiger charge is 2.25. The number of aryl methyl sites for hydroxylation is 2. The first-order valence-corrected chi connectivity index (χ1v) is 7.49. The second kappa shape index (κ2) is 6.39. The first-order chi connectivity index (χ1) is 9.45. The van der Waals surface area contributed by atoms with Crippen LogP contribution in [0.25, 0.3) is 0 Å². The van der Waals surface area contributed by atoms with E-state index >= 15 is 0 Å². The molecule has 5 nitrogen and oxygen atoms in total. The van der Waals surface area contributed by atoms with E-state index in [0.29, 0.717) is 5.92 Å². The van der Waals surface area contributed by atoms with Gasteiger partial charge < -0.3 is 10.2 Å². The third-order valence-electron chi connectivity index (χ3n) is 3.83. The molecule has 20 heavy (non-hydrogen) atoms. The molecule has 1 aliphatic heterocycles. The zero-order valence-electron chi connectivity index (χ0n) is 13.0. The van der Waals surface area contributed by atoms with Gasteiger partial charge in [-0.3, -0.25) is 9.48 Å². The van der Waals surface area contributed by atoms with Crippen molar-refractivity contribution in [2.75, 3.05) is 25.0 Å². The Hall–Kier alpha value is -1.36. The largest absolute Gasteiger partial charge is 0.311 e. The van der Waals surface area contributed by atoms with Crippen molar-refractivity contribution in [2.24, 2.45) is 18.9 Å². The van der Waals surface area contributed by atoms with Crippen molar-refractivity contribution in [1.29, 1.82) is 0 Å². The predicted molar refractivity (Wildman–Crippen MR) is 80.6 cm³/mol. The van der Waals surface area contributed by atoms with Crippen molar-refractivity contribution in [3.05, 3.63) is 11.8 Å². The van der Waals surface area contributed by atoms with Gasteiger partial charge in [-0.2, -0.15) is 5.10 Å². The van der Waals surface area contributed by atoms with Crippen LogP contribution in [0.3, 0.4) is 0 Å². The highest BCUT2D eigenvalue weighted by Crippen LogP contribution is 2.20. The van der Waals surface area contributed by atoms with E-state index in [2.05, 4.69) is 29.2 Å². The highest BCUT2D eigenvalue weighted by molar-refractivity contribution is 5.91. The fourth-order valence-electron chi connectivity index (χ4n) is 2.85. The van der Waals surface area contributed by atoms with Crippen LogP contribution in [-0.2, 0) is 11.8 Å². The van der Waals surface area contributed by atoms with Crippen molar-refractivity contribution in [2.45, 2.75) is 33.6 Å². The van der Waals surface area contributed by atoms with Crippen LogP contribution in [0.15, 0.2) is 6.07 Å². The number of hydrogen-bond donors (Lipinski definition) is 1. The van der Waals surface area contributed by atoms with E-state index in [0.717, 1.165) is 44.0 Å². The normalized spacial score (nSPS) is 17.6. The summed E-state index contributed by atoms with van der Waals surface area (Å²) in [6, 6.07) is 1.91. The van der Waals surface area contributed by atoms with Crippen LogP contribution in [-0.4, -0.2) is 40.2 Å². The van der Waals surface area contributed by atoms with Gasteiger partial charge in [0.15, 0.2) is 0 Å². The number of piperidine rings is 1. The van der Waals surface area contributed by atoms with Crippen molar-refractivity contribution in [1.82, 2.24) is 14.7 Å². The van der Waals surface area contributed by atoms with E-state index in [1.807, 2.05) is 20.0 Å². The fourth-order valence-corrected chi connectivity index (χ4v) is 2.85. The molecule has 1 amide bonds. The molecule has 1 aromatic heterocycles. The minimum atomic E-state index is 0.133. The summed E-state index contributed by atoms with van der Waals surface area (Å²) in [5, 5.41) is 7.25. The number of amides is 1. The summed E-state index contributed by atoms with van der Waals surface area (Å²) in [6.45, 7) is 9.60. The third-order valence-corrected chi connectivity index (χ3v) is 3.83. The number of carbonyl (C=O) groups excluding carboxylic acids is 1. The van der Waals surface area contributed by atoms with Gasteiger partial charge in [0.2, 0.25) is 5.91 Å². The summed E-state index contributed by atoms with van der Waals surface area (Å²) in [6.07, 6.45) is 1.91. The molecule has 0 bridgehead atoms. The van der Waals surface area contributed by atoms with Crippen LogP contribution in [0.1, 0.15) is 32.4 Å². The maximum atomic E-state index is 12.3.